The number of rotatable bonds is 5. The van der Waals surface area contributed by atoms with Crippen LogP contribution in [0.2, 0.25) is 0 Å². The van der Waals surface area contributed by atoms with Crippen molar-refractivity contribution in [1.82, 2.24) is 4.72 Å². The Balaban J connectivity index is 2.87. The molecule has 0 bridgehead atoms. The van der Waals surface area contributed by atoms with E-state index in [0.29, 0.717) is 17.9 Å². The zero-order valence-electron chi connectivity index (χ0n) is 9.45. The predicted molar refractivity (Wildman–Crippen MR) is 66.5 cm³/mol. The molecule has 0 saturated heterocycles. The molecule has 16 heavy (non-hydrogen) atoms. The summed E-state index contributed by atoms with van der Waals surface area (Å²) in [5.41, 5.74) is 7.84. The Morgan fingerprint density at radius 1 is 1.31 bits per heavy atom. The van der Waals surface area contributed by atoms with E-state index in [4.69, 9.17) is 5.73 Å². The van der Waals surface area contributed by atoms with Crippen molar-refractivity contribution in [3.63, 3.8) is 0 Å². The summed E-state index contributed by atoms with van der Waals surface area (Å²) >= 11 is 0. The van der Waals surface area contributed by atoms with Gasteiger partial charge in [-0.15, -0.1) is 0 Å². The molecule has 6 heteroatoms. The van der Waals surface area contributed by atoms with Crippen LogP contribution in [-0.4, -0.2) is 15.0 Å². The molecule has 0 heterocycles. The normalized spacial score (nSPS) is 11.4. The van der Waals surface area contributed by atoms with E-state index in [2.05, 4.69) is 9.44 Å². The van der Waals surface area contributed by atoms with Gasteiger partial charge in [0.15, 0.2) is 0 Å². The van der Waals surface area contributed by atoms with Crippen LogP contribution in [0.4, 0.5) is 11.4 Å². The zero-order valence-corrected chi connectivity index (χ0v) is 10.3. The molecule has 4 N–H and O–H groups in total. The number of hydrogen-bond acceptors (Lipinski definition) is 3. The minimum absolute atomic E-state index is 0.345. The number of hydrogen-bond donors (Lipinski definition) is 3. The SMILES string of the molecule is CCNS(=O)(=O)Nc1ccc(CC)c(N)c1. The summed E-state index contributed by atoms with van der Waals surface area (Å²) in [6, 6.07) is 5.14. The molecule has 1 aromatic carbocycles. The maximum absolute atomic E-state index is 11.4. The zero-order chi connectivity index (χ0) is 12.2. The van der Waals surface area contributed by atoms with Crippen molar-refractivity contribution in [2.24, 2.45) is 0 Å². The number of nitrogens with one attached hydrogen (secondary N) is 2. The molecule has 0 aliphatic carbocycles. The number of nitrogens with two attached hydrogens (primary N) is 1. The Morgan fingerprint density at radius 3 is 2.50 bits per heavy atom. The average Bonchev–Trinajstić information content (AvgIpc) is 2.17. The number of anilines is 2. The molecular weight excluding hydrogens is 226 g/mol. The first-order chi connectivity index (χ1) is 7.48. The largest absolute Gasteiger partial charge is 0.398 e. The predicted octanol–water partition coefficient (Wildman–Crippen LogP) is 1.10. The van der Waals surface area contributed by atoms with Crippen LogP contribution in [0, 0.1) is 0 Å². The van der Waals surface area contributed by atoms with Crippen molar-refractivity contribution in [2.45, 2.75) is 20.3 Å². The molecule has 1 aromatic rings. The highest BCUT2D eigenvalue weighted by atomic mass is 32.2. The van der Waals surface area contributed by atoms with E-state index in [1.165, 1.54) is 0 Å². The Hall–Kier alpha value is -1.27. The first kappa shape index (κ1) is 12.8. The lowest BCUT2D eigenvalue weighted by molar-refractivity contribution is 0.589. The lowest BCUT2D eigenvalue weighted by Gasteiger charge is -2.10. The summed E-state index contributed by atoms with van der Waals surface area (Å²) in [7, 11) is -3.48. The van der Waals surface area contributed by atoms with Crippen LogP contribution in [0.25, 0.3) is 0 Å². The molecule has 0 aliphatic heterocycles. The Labute approximate surface area is 96.2 Å². The second kappa shape index (κ2) is 5.18. The minimum Gasteiger partial charge on any atom is -0.398 e. The third-order valence-electron chi connectivity index (χ3n) is 2.11. The van der Waals surface area contributed by atoms with Gasteiger partial charge in [0, 0.05) is 12.2 Å². The van der Waals surface area contributed by atoms with Crippen molar-refractivity contribution in [2.75, 3.05) is 17.0 Å². The molecule has 0 atom stereocenters. The van der Waals surface area contributed by atoms with Gasteiger partial charge in [-0.05, 0) is 24.1 Å². The van der Waals surface area contributed by atoms with Gasteiger partial charge < -0.3 is 5.73 Å². The number of aryl methyl sites for hydroxylation is 1. The van der Waals surface area contributed by atoms with Gasteiger partial charge in [0.05, 0.1) is 5.69 Å². The molecule has 0 aliphatic rings. The third kappa shape index (κ3) is 3.39. The van der Waals surface area contributed by atoms with E-state index in [1.54, 1.807) is 19.1 Å². The minimum atomic E-state index is -3.48. The van der Waals surface area contributed by atoms with E-state index in [9.17, 15) is 8.42 Å². The molecular formula is C10H17N3O2S. The Morgan fingerprint density at radius 2 is 2.00 bits per heavy atom. The van der Waals surface area contributed by atoms with Crippen molar-refractivity contribution in [1.29, 1.82) is 0 Å². The summed E-state index contributed by atoms with van der Waals surface area (Å²) in [6.45, 7) is 4.06. The average molecular weight is 243 g/mol. The van der Waals surface area contributed by atoms with Gasteiger partial charge in [-0.2, -0.15) is 13.1 Å². The van der Waals surface area contributed by atoms with Crippen LogP contribution >= 0.6 is 0 Å². The fraction of sp³-hybridized carbons (Fsp3) is 0.400. The fourth-order valence-electron chi connectivity index (χ4n) is 1.36. The Bertz CT molecular complexity index is 457. The molecule has 0 unspecified atom stereocenters. The van der Waals surface area contributed by atoms with E-state index in [0.717, 1.165) is 12.0 Å². The summed E-state index contributed by atoms with van der Waals surface area (Å²) in [5.74, 6) is 0. The molecule has 5 nitrogen and oxygen atoms in total. The van der Waals surface area contributed by atoms with Crippen LogP contribution in [0.5, 0.6) is 0 Å². The highest BCUT2D eigenvalue weighted by Gasteiger charge is 2.08. The molecule has 0 aromatic heterocycles. The van der Waals surface area contributed by atoms with Gasteiger partial charge in [-0.1, -0.05) is 19.9 Å². The van der Waals surface area contributed by atoms with E-state index >= 15 is 0 Å². The summed E-state index contributed by atoms with van der Waals surface area (Å²) in [4.78, 5) is 0. The third-order valence-corrected chi connectivity index (χ3v) is 3.29. The second-order valence-corrected chi connectivity index (χ2v) is 4.87. The standard InChI is InChI=1S/C10H17N3O2S/c1-3-8-5-6-9(7-10(8)11)13-16(14,15)12-4-2/h5-7,12-13H,3-4,11H2,1-2H3. The topological polar surface area (TPSA) is 84.2 Å². The molecule has 0 spiro atoms. The van der Waals surface area contributed by atoms with E-state index < -0.39 is 10.2 Å². The van der Waals surface area contributed by atoms with Gasteiger partial charge >= 0.3 is 0 Å². The highest BCUT2D eigenvalue weighted by molar-refractivity contribution is 7.90. The van der Waals surface area contributed by atoms with Gasteiger partial charge in [0.1, 0.15) is 0 Å². The highest BCUT2D eigenvalue weighted by Crippen LogP contribution is 2.18. The first-order valence-corrected chi connectivity index (χ1v) is 6.62. The summed E-state index contributed by atoms with van der Waals surface area (Å²) in [5, 5.41) is 0. The van der Waals surface area contributed by atoms with Gasteiger partial charge in [0.2, 0.25) is 0 Å². The molecule has 0 amide bonds. The molecule has 1 rings (SSSR count). The summed E-state index contributed by atoms with van der Waals surface area (Å²) in [6.07, 6.45) is 0.825. The summed E-state index contributed by atoms with van der Waals surface area (Å²) < 4.78 is 27.5. The van der Waals surface area contributed by atoms with E-state index in [-0.39, 0.29) is 0 Å². The van der Waals surface area contributed by atoms with Crippen LogP contribution in [-0.2, 0) is 16.6 Å². The maximum atomic E-state index is 11.4. The number of benzene rings is 1. The smallest absolute Gasteiger partial charge is 0.299 e. The lowest BCUT2D eigenvalue weighted by Crippen LogP contribution is -2.29. The van der Waals surface area contributed by atoms with Crippen LogP contribution < -0.4 is 15.2 Å². The lowest BCUT2D eigenvalue weighted by atomic mass is 10.1. The second-order valence-electron chi connectivity index (χ2n) is 3.37. The van der Waals surface area contributed by atoms with Crippen molar-refractivity contribution in [3.05, 3.63) is 23.8 Å². The fourth-order valence-corrected chi connectivity index (χ4v) is 2.25. The van der Waals surface area contributed by atoms with Crippen molar-refractivity contribution in [3.8, 4) is 0 Å². The molecule has 0 saturated carbocycles. The molecule has 0 radical (unpaired) electrons. The van der Waals surface area contributed by atoms with Crippen molar-refractivity contribution >= 4 is 21.6 Å². The van der Waals surface area contributed by atoms with Crippen LogP contribution in [0.1, 0.15) is 19.4 Å². The molecule has 0 fully saturated rings. The van der Waals surface area contributed by atoms with Crippen LogP contribution in [0.3, 0.4) is 0 Å². The van der Waals surface area contributed by atoms with Gasteiger partial charge in [0.25, 0.3) is 10.2 Å². The van der Waals surface area contributed by atoms with E-state index in [1.807, 2.05) is 13.0 Å². The Kier molecular flexibility index (Phi) is 4.14. The molecule has 90 valence electrons. The first-order valence-electron chi connectivity index (χ1n) is 5.14. The monoisotopic (exact) mass is 243 g/mol. The van der Waals surface area contributed by atoms with Crippen LogP contribution in [0.15, 0.2) is 18.2 Å². The van der Waals surface area contributed by atoms with Gasteiger partial charge in [-0.25, -0.2) is 0 Å². The number of nitrogen functional groups attached to an aromatic ring is 1. The quantitative estimate of drug-likeness (QED) is 0.677. The maximum Gasteiger partial charge on any atom is 0.299 e. The van der Waals surface area contributed by atoms with Gasteiger partial charge in [-0.3, -0.25) is 4.72 Å². The van der Waals surface area contributed by atoms with Crippen molar-refractivity contribution < 1.29 is 8.42 Å².